The van der Waals surface area contributed by atoms with Crippen molar-refractivity contribution < 1.29 is 9.18 Å². The van der Waals surface area contributed by atoms with Crippen molar-refractivity contribution in [1.82, 2.24) is 13.7 Å². The van der Waals surface area contributed by atoms with E-state index in [1.807, 2.05) is 31.2 Å². The fourth-order valence-electron chi connectivity index (χ4n) is 4.57. The number of fused-ring (bicyclic) bond motifs is 2. The summed E-state index contributed by atoms with van der Waals surface area (Å²) in [6, 6.07) is 14.7. The third kappa shape index (κ3) is 3.38. The van der Waals surface area contributed by atoms with Gasteiger partial charge in [0.05, 0.1) is 11.2 Å². The van der Waals surface area contributed by atoms with E-state index < -0.39 is 17.1 Å². The average Bonchev–Trinajstić information content (AvgIpc) is 3.11. The van der Waals surface area contributed by atoms with Crippen molar-refractivity contribution in [3.63, 3.8) is 0 Å². The second-order valence-corrected chi connectivity index (χ2v) is 8.34. The molecule has 0 aliphatic carbocycles. The average molecular weight is 446 g/mol. The van der Waals surface area contributed by atoms with E-state index in [0.29, 0.717) is 17.6 Å². The molecule has 0 atom stereocenters. The summed E-state index contributed by atoms with van der Waals surface area (Å²) in [4.78, 5) is 42.0. The highest BCUT2D eigenvalue weighted by Crippen LogP contribution is 2.27. The van der Waals surface area contributed by atoms with Gasteiger partial charge in [-0.1, -0.05) is 18.2 Å². The molecule has 0 fully saturated rings. The highest BCUT2D eigenvalue weighted by molar-refractivity contribution is 5.95. The Bertz CT molecular complexity index is 1510. The molecule has 0 radical (unpaired) electrons. The zero-order valence-corrected chi connectivity index (χ0v) is 18.4. The molecule has 5 rings (SSSR count). The van der Waals surface area contributed by atoms with Crippen molar-refractivity contribution >= 4 is 22.6 Å². The van der Waals surface area contributed by atoms with E-state index in [2.05, 4.69) is 0 Å². The lowest BCUT2D eigenvalue weighted by Crippen LogP contribution is -2.44. The largest absolute Gasteiger partial charge is 0.342 e. The van der Waals surface area contributed by atoms with E-state index in [4.69, 9.17) is 0 Å². The summed E-state index contributed by atoms with van der Waals surface area (Å²) in [5.74, 6) is -0.696. The van der Waals surface area contributed by atoms with Crippen LogP contribution in [0.15, 0.2) is 64.2 Å². The minimum atomic E-state index is -0.636. The van der Waals surface area contributed by atoms with Gasteiger partial charge in [-0.3, -0.25) is 14.2 Å². The van der Waals surface area contributed by atoms with Crippen LogP contribution in [0.4, 0.5) is 10.1 Å². The molecule has 1 aliphatic rings. The fraction of sp³-hybridized carbons (Fsp3) is 0.240. The molecule has 2 aromatic heterocycles. The number of hydrogen-bond acceptors (Lipinski definition) is 3. The van der Waals surface area contributed by atoms with Gasteiger partial charge in [0.2, 0.25) is 5.91 Å². The number of nitrogens with zero attached hydrogens (tertiary/aromatic N) is 4. The van der Waals surface area contributed by atoms with Crippen LogP contribution in [-0.4, -0.2) is 26.2 Å². The van der Waals surface area contributed by atoms with Crippen LogP contribution in [0.5, 0.6) is 0 Å². The highest BCUT2D eigenvalue weighted by Gasteiger charge is 2.25. The predicted octanol–water partition coefficient (Wildman–Crippen LogP) is 2.92. The topological polar surface area (TPSA) is 69.2 Å². The lowest BCUT2D eigenvalue weighted by atomic mass is 10.0. The smallest absolute Gasteiger partial charge is 0.336 e. The number of carbonyl (C=O) groups excluding carboxylic acids is 1. The molecule has 0 bridgehead atoms. The third-order valence-electron chi connectivity index (χ3n) is 6.36. The Morgan fingerprint density at radius 3 is 2.55 bits per heavy atom. The van der Waals surface area contributed by atoms with Crippen molar-refractivity contribution in [3.8, 4) is 5.69 Å². The first-order chi connectivity index (χ1) is 15.9. The molecular formula is C25H23FN4O3. The first-order valence-electron chi connectivity index (χ1n) is 10.8. The second kappa shape index (κ2) is 7.88. The minimum Gasteiger partial charge on any atom is -0.342 e. The molecule has 2 aromatic carbocycles. The molecule has 0 saturated carbocycles. The molecule has 8 heteroatoms. The number of carbonyl (C=O) groups is 1. The van der Waals surface area contributed by atoms with Crippen LogP contribution < -0.4 is 16.1 Å². The molecule has 4 aromatic rings. The van der Waals surface area contributed by atoms with Crippen molar-refractivity contribution in [1.29, 1.82) is 0 Å². The Hall–Kier alpha value is -3.94. The van der Waals surface area contributed by atoms with Crippen LogP contribution >= 0.6 is 0 Å². The van der Waals surface area contributed by atoms with Gasteiger partial charge in [0.1, 0.15) is 17.9 Å². The van der Waals surface area contributed by atoms with Gasteiger partial charge in [0, 0.05) is 25.0 Å². The Morgan fingerprint density at radius 2 is 1.79 bits per heavy atom. The van der Waals surface area contributed by atoms with Gasteiger partial charge >= 0.3 is 5.69 Å². The van der Waals surface area contributed by atoms with E-state index in [1.165, 1.54) is 28.8 Å². The summed E-state index contributed by atoms with van der Waals surface area (Å²) in [7, 11) is 1.74. The maximum Gasteiger partial charge on any atom is 0.336 e. The Labute approximate surface area is 188 Å². The maximum absolute atomic E-state index is 13.5. The van der Waals surface area contributed by atoms with E-state index >= 15 is 0 Å². The van der Waals surface area contributed by atoms with Crippen molar-refractivity contribution in [2.24, 2.45) is 7.05 Å². The molecule has 33 heavy (non-hydrogen) atoms. The van der Waals surface area contributed by atoms with Crippen LogP contribution in [-0.2, 0) is 24.8 Å². The summed E-state index contributed by atoms with van der Waals surface area (Å²) in [5.41, 5.74) is 2.55. The minimum absolute atomic E-state index is 0.214. The number of halogens is 1. The number of hydrogen-bond donors (Lipinski definition) is 0. The van der Waals surface area contributed by atoms with Crippen molar-refractivity contribution in [2.75, 3.05) is 11.4 Å². The lowest BCUT2D eigenvalue weighted by Gasteiger charge is -2.29. The van der Waals surface area contributed by atoms with Gasteiger partial charge in [-0.05, 0) is 61.7 Å². The van der Waals surface area contributed by atoms with Gasteiger partial charge < -0.3 is 9.47 Å². The monoisotopic (exact) mass is 446 g/mol. The van der Waals surface area contributed by atoms with Crippen molar-refractivity contribution in [2.45, 2.75) is 26.3 Å². The standard InChI is InChI=1S/C25H23FN4O3/c1-16-14-21-23(27(16)2)24(32)30(19-11-9-18(26)10-12-19)25(33)29(21)15-22(31)28-13-5-7-17-6-3-4-8-20(17)28/h3-4,6,8-12,14H,5,7,13,15H2,1-2H3. The van der Waals surface area contributed by atoms with E-state index in [-0.39, 0.29) is 18.1 Å². The Morgan fingerprint density at radius 1 is 1.06 bits per heavy atom. The summed E-state index contributed by atoms with van der Waals surface area (Å²) in [6.07, 6.45) is 1.74. The summed E-state index contributed by atoms with van der Waals surface area (Å²) in [5, 5.41) is 0. The number of aryl methyl sites for hydroxylation is 3. The number of rotatable bonds is 3. The predicted molar refractivity (Wildman–Crippen MR) is 125 cm³/mol. The van der Waals surface area contributed by atoms with E-state index in [1.54, 1.807) is 22.6 Å². The Kier molecular flexibility index (Phi) is 5.00. The molecule has 168 valence electrons. The molecule has 1 amide bonds. The molecule has 0 spiro atoms. The quantitative estimate of drug-likeness (QED) is 0.486. The summed E-state index contributed by atoms with van der Waals surface area (Å²) in [6.45, 7) is 2.19. The molecule has 7 nitrogen and oxygen atoms in total. The van der Waals surface area contributed by atoms with Crippen LogP contribution in [0.2, 0.25) is 0 Å². The van der Waals surface area contributed by atoms with Gasteiger partial charge in [0.15, 0.2) is 0 Å². The van der Waals surface area contributed by atoms with Gasteiger partial charge in [-0.2, -0.15) is 0 Å². The van der Waals surface area contributed by atoms with Gasteiger partial charge in [-0.15, -0.1) is 0 Å². The first kappa shape index (κ1) is 20.9. The number of para-hydroxylation sites is 1. The second-order valence-electron chi connectivity index (χ2n) is 8.34. The molecule has 0 unspecified atom stereocenters. The van der Waals surface area contributed by atoms with E-state index in [0.717, 1.165) is 34.4 Å². The van der Waals surface area contributed by atoms with Crippen LogP contribution in [0, 0.1) is 12.7 Å². The molecule has 0 saturated heterocycles. The Balaban J connectivity index is 1.68. The molecule has 3 heterocycles. The SMILES string of the molecule is Cc1cc2c(c(=O)n(-c3ccc(F)cc3)c(=O)n2CC(=O)N2CCCc3ccccc32)n1C. The van der Waals surface area contributed by atoms with Crippen molar-refractivity contribution in [3.05, 3.63) is 92.5 Å². The number of benzene rings is 2. The normalized spacial score (nSPS) is 13.4. The summed E-state index contributed by atoms with van der Waals surface area (Å²) >= 11 is 0. The number of aromatic nitrogens is 3. The van der Waals surface area contributed by atoms with E-state index in [9.17, 15) is 18.8 Å². The summed E-state index contributed by atoms with van der Waals surface area (Å²) < 4.78 is 17.5. The third-order valence-corrected chi connectivity index (χ3v) is 6.36. The molecule has 1 aliphatic heterocycles. The zero-order valence-electron chi connectivity index (χ0n) is 18.4. The first-order valence-corrected chi connectivity index (χ1v) is 10.8. The van der Waals surface area contributed by atoms with Crippen LogP contribution in [0.1, 0.15) is 17.7 Å². The molecule has 0 N–H and O–H groups in total. The number of anilines is 1. The lowest BCUT2D eigenvalue weighted by molar-refractivity contribution is -0.119. The zero-order chi connectivity index (χ0) is 23.3. The highest BCUT2D eigenvalue weighted by atomic mass is 19.1. The van der Waals surface area contributed by atoms with Gasteiger partial charge in [-0.25, -0.2) is 13.8 Å². The fourth-order valence-corrected chi connectivity index (χ4v) is 4.57. The van der Waals surface area contributed by atoms with Crippen LogP contribution in [0.3, 0.4) is 0 Å². The number of amides is 1. The maximum atomic E-state index is 13.5. The molecular weight excluding hydrogens is 423 g/mol. The van der Waals surface area contributed by atoms with Crippen LogP contribution in [0.25, 0.3) is 16.7 Å². The van der Waals surface area contributed by atoms with Gasteiger partial charge in [0.25, 0.3) is 5.56 Å².